The minimum Gasteiger partial charge on any atom is -0.384 e. The highest BCUT2D eigenvalue weighted by Crippen LogP contribution is 2.11. The molecule has 64 valence electrons. The van der Waals surface area contributed by atoms with Crippen molar-refractivity contribution in [3.63, 3.8) is 0 Å². The molecule has 0 aromatic rings. The first kappa shape index (κ1) is 8.82. The molecular formula is C10H13NO. The van der Waals surface area contributed by atoms with Gasteiger partial charge in [-0.25, -0.2) is 0 Å². The number of hydrogen-bond donors (Lipinski definition) is 1. The number of nitrogens with one attached hydrogen (secondary N) is 1. The van der Waals surface area contributed by atoms with Crippen molar-refractivity contribution < 1.29 is 4.79 Å². The molecule has 0 saturated heterocycles. The minimum absolute atomic E-state index is 0.228. The van der Waals surface area contributed by atoms with E-state index >= 15 is 0 Å². The van der Waals surface area contributed by atoms with Gasteiger partial charge in [-0.15, -0.1) is 5.73 Å². The van der Waals surface area contributed by atoms with Gasteiger partial charge in [-0.1, -0.05) is 6.58 Å². The average molecular weight is 163 g/mol. The third kappa shape index (κ3) is 2.77. The van der Waals surface area contributed by atoms with Crippen molar-refractivity contribution >= 4 is 5.78 Å². The van der Waals surface area contributed by atoms with Crippen LogP contribution < -0.4 is 5.32 Å². The molecule has 0 spiro atoms. The summed E-state index contributed by atoms with van der Waals surface area (Å²) in [7, 11) is 0. The summed E-state index contributed by atoms with van der Waals surface area (Å²) in [6.07, 6.45) is 6.15. The summed E-state index contributed by atoms with van der Waals surface area (Å²) in [6, 6.07) is 0. The maximum absolute atomic E-state index is 11.0. The summed E-state index contributed by atoms with van der Waals surface area (Å²) in [5.41, 5.74) is 3.71. The van der Waals surface area contributed by atoms with Gasteiger partial charge in [0.25, 0.3) is 0 Å². The van der Waals surface area contributed by atoms with Crippen LogP contribution in [0.5, 0.6) is 0 Å². The molecule has 0 saturated carbocycles. The number of rotatable bonds is 3. The molecule has 1 rings (SSSR count). The molecule has 0 fully saturated rings. The third-order valence-corrected chi connectivity index (χ3v) is 1.78. The number of carbonyl (C=O) groups is 1. The van der Waals surface area contributed by atoms with Gasteiger partial charge in [0.05, 0.1) is 0 Å². The zero-order chi connectivity index (χ0) is 8.81. The maximum atomic E-state index is 11.0. The zero-order valence-corrected chi connectivity index (χ0v) is 7.10. The van der Waals surface area contributed by atoms with E-state index < -0.39 is 0 Å². The average Bonchev–Trinajstić information content (AvgIpc) is 2.05. The van der Waals surface area contributed by atoms with Crippen molar-refractivity contribution in [1.29, 1.82) is 0 Å². The lowest BCUT2D eigenvalue weighted by Crippen LogP contribution is -2.17. The second-order valence-corrected chi connectivity index (χ2v) is 2.78. The monoisotopic (exact) mass is 163 g/mol. The molecule has 2 nitrogen and oxygen atoms in total. The van der Waals surface area contributed by atoms with Crippen LogP contribution in [0.1, 0.15) is 19.3 Å². The van der Waals surface area contributed by atoms with Crippen LogP contribution in [-0.4, -0.2) is 12.3 Å². The van der Waals surface area contributed by atoms with Gasteiger partial charge in [-0.2, -0.15) is 0 Å². The van der Waals surface area contributed by atoms with Crippen molar-refractivity contribution in [1.82, 2.24) is 5.32 Å². The SMILES string of the molecule is C=C=CCNC1=CC(=O)CCC1. The molecule has 0 radical (unpaired) electrons. The first-order valence-corrected chi connectivity index (χ1v) is 4.14. The van der Waals surface area contributed by atoms with Gasteiger partial charge in [0.15, 0.2) is 5.78 Å². The van der Waals surface area contributed by atoms with E-state index in [0.29, 0.717) is 13.0 Å². The van der Waals surface area contributed by atoms with E-state index in [-0.39, 0.29) is 5.78 Å². The Labute approximate surface area is 72.7 Å². The summed E-state index contributed by atoms with van der Waals surface area (Å²) < 4.78 is 0. The first-order chi connectivity index (χ1) is 5.83. The van der Waals surface area contributed by atoms with Crippen LogP contribution in [0.2, 0.25) is 0 Å². The van der Waals surface area contributed by atoms with E-state index in [1.54, 1.807) is 12.2 Å². The maximum Gasteiger partial charge on any atom is 0.157 e. The predicted octanol–water partition coefficient (Wildman–Crippen LogP) is 1.55. The Morgan fingerprint density at radius 3 is 3.17 bits per heavy atom. The molecular weight excluding hydrogens is 150 g/mol. The van der Waals surface area contributed by atoms with Crippen LogP contribution in [0, 0.1) is 0 Å². The van der Waals surface area contributed by atoms with Gasteiger partial charge in [0.2, 0.25) is 0 Å². The van der Waals surface area contributed by atoms with Crippen LogP contribution in [0.3, 0.4) is 0 Å². The van der Waals surface area contributed by atoms with Crippen LogP contribution in [0.15, 0.2) is 30.2 Å². The zero-order valence-electron chi connectivity index (χ0n) is 7.10. The highest BCUT2D eigenvalue weighted by Gasteiger charge is 2.07. The van der Waals surface area contributed by atoms with E-state index in [1.165, 1.54) is 0 Å². The molecule has 12 heavy (non-hydrogen) atoms. The van der Waals surface area contributed by atoms with E-state index in [1.807, 2.05) is 0 Å². The summed E-state index contributed by atoms with van der Waals surface area (Å²) in [5, 5.41) is 3.14. The summed E-state index contributed by atoms with van der Waals surface area (Å²) in [4.78, 5) is 11.0. The Hall–Kier alpha value is -1.27. The van der Waals surface area contributed by atoms with Gasteiger partial charge in [-0.3, -0.25) is 4.79 Å². The molecule has 0 aliphatic heterocycles. The third-order valence-electron chi connectivity index (χ3n) is 1.78. The Morgan fingerprint density at radius 2 is 2.50 bits per heavy atom. The second-order valence-electron chi connectivity index (χ2n) is 2.78. The first-order valence-electron chi connectivity index (χ1n) is 4.14. The normalized spacial score (nSPS) is 16.3. The lowest BCUT2D eigenvalue weighted by molar-refractivity contribution is -0.115. The van der Waals surface area contributed by atoms with Crippen molar-refractivity contribution in [2.75, 3.05) is 6.54 Å². The van der Waals surface area contributed by atoms with Crippen molar-refractivity contribution in [3.8, 4) is 0 Å². The largest absolute Gasteiger partial charge is 0.384 e. The Balaban J connectivity index is 2.40. The number of carbonyl (C=O) groups excluding carboxylic acids is 1. The van der Waals surface area contributed by atoms with Gasteiger partial charge in [0, 0.05) is 24.7 Å². The van der Waals surface area contributed by atoms with Gasteiger partial charge in [-0.05, 0) is 18.9 Å². The van der Waals surface area contributed by atoms with Crippen molar-refractivity contribution in [3.05, 3.63) is 30.2 Å². The molecule has 1 N–H and O–H groups in total. The Bertz CT molecular complexity index is 247. The van der Waals surface area contributed by atoms with Crippen LogP contribution in [0.4, 0.5) is 0 Å². The molecule has 0 unspecified atom stereocenters. The van der Waals surface area contributed by atoms with E-state index in [9.17, 15) is 4.79 Å². The predicted molar refractivity (Wildman–Crippen MR) is 48.7 cm³/mol. The van der Waals surface area contributed by atoms with Crippen LogP contribution >= 0.6 is 0 Å². The molecule has 0 atom stereocenters. The standard InChI is InChI=1S/C10H13NO/c1-2-3-7-11-9-5-4-6-10(12)8-9/h3,8,11H,1,4-7H2. The summed E-state index contributed by atoms with van der Waals surface area (Å²) in [5.74, 6) is 0.228. The van der Waals surface area contributed by atoms with E-state index in [2.05, 4.69) is 17.6 Å². The molecule has 1 aliphatic carbocycles. The van der Waals surface area contributed by atoms with Gasteiger partial charge < -0.3 is 5.32 Å². The lowest BCUT2D eigenvalue weighted by atomic mass is 10.0. The van der Waals surface area contributed by atoms with Gasteiger partial charge in [0.1, 0.15) is 0 Å². The lowest BCUT2D eigenvalue weighted by Gasteiger charge is -2.12. The number of hydrogen-bond acceptors (Lipinski definition) is 2. The Morgan fingerprint density at radius 1 is 1.67 bits per heavy atom. The quantitative estimate of drug-likeness (QED) is 0.640. The number of allylic oxidation sites excluding steroid dienone is 2. The molecule has 0 heterocycles. The molecule has 0 bridgehead atoms. The highest BCUT2D eigenvalue weighted by atomic mass is 16.1. The molecule has 0 amide bonds. The molecule has 0 aromatic carbocycles. The number of ketones is 1. The van der Waals surface area contributed by atoms with Crippen molar-refractivity contribution in [2.45, 2.75) is 19.3 Å². The summed E-state index contributed by atoms with van der Waals surface area (Å²) in [6.45, 7) is 4.16. The van der Waals surface area contributed by atoms with Gasteiger partial charge >= 0.3 is 0 Å². The smallest absolute Gasteiger partial charge is 0.157 e. The Kier molecular flexibility index (Phi) is 3.36. The highest BCUT2D eigenvalue weighted by molar-refractivity contribution is 5.91. The fraction of sp³-hybridized carbons (Fsp3) is 0.400. The molecule has 2 heteroatoms. The topological polar surface area (TPSA) is 29.1 Å². The second kappa shape index (κ2) is 4.58. The molecule has 1 aliphatic rings. The minimum atomic E-state index is 0.228. The van der Waals surface area contributed by atoms with Crippen LogP contribution in [-0.2, 0) is 4.79 Å². The van der Waals surface area contributed by atoms with E-state index in [0.717, 1.165) is 18.5 Å². The fourth-order valence-electron chi connectivity index (χ4n) is 1.19. The van der Waals surface area contributed by atoms with E-state index in [4.69, 9.17) is 0 Å². The fourth-order valence-corrected chi connectivity index (χ4v) is 1.19. The summed E-state index contributed by atoms with van der Waals surface area (Å²) >= 11 is 0. The van der Waals surface area contributed by atoms with Crippen molar-refractivity contribution in [2.24, 2.45) is 0 Å². The van der Waals surface area contributed by atoms with Crippen LogP contribution in [0.25, 0.3) is 0 Å². The molecule has 0 aromatic heterocycles.